The van der Waals surface area contributed by atoms with Crippen LogP contribution in [0.25, 0.3) is 0 Å². The van der Waals surface area contributed by atoms with Crippen LogP contribution in [0.5, 0.6) is 0 Å². The summed E-state index contributed by atoms with van der Waals surface area (Å²) < 4.78 is 13.0. The van der Waals surface area contributed by atoms with Crippen molar-refractivity contribution in [3.8, 4) is 0 Å². The van der Waals surface area contributed by atoms with Crippen LogP contribution < -0.4 is 5.32 Å². The molecule has 0 aliphatic rings. The van der Waals surface area contributed by atoms with E-state index >= 15 is 0 Å². The molecule has 3 nitrogen and oxygen atoms in total. The number of benzene rings is 2. The van der Waals surface area contributed by atoms with E-state index in [0.29, 0.717) is 16.8 Å². The fourth-order valence-electron chi connectivity index (χ4n) is 2.38. The van der Waals surface area contributed by atoms with Gasteiger partial charge in [-0.15, -0.1) is 0 Å². The Bertz CT molecular complexity index is 753. The van der Waals surface area contributed by atoms with Crippen LogP contribution >= 0.6 is 0 Å². The summed E-state index contributed by atoms with van der Waals surface area (Å²) in [6.45, 7) is 5.54. The van der Waals surface area contributed by atoms with Crippen LogP contribution in [-0.4, -0.2) is 11.7 Å². The Balaban J connectivity index is 1.96. The lowest BCUT2D eigenvalue weighted by Gasteiger charge is -2.09. The van der Waals surface area contributed by atoms with Crippen molar-refractivity contribution in [1.29, 1.82) is 0 Å². The Morgan fingerprint density at radius 1 is 0.957 bits per heavy atom. The van der Waals surface area contributed by atoms with Crippen molar-refractivity contribution in [1.82, 2.24) is 0 Å². The minimum absolute atomic E-state index is 0.0443. The molecular formula is C19H20FNO2. The molecule has 2 aromatic rings. The molecule has 4 heteroatoms. The van der Waals surface area contributed by atoms with Gasteiger partial charge in [0.05, 0.1) is 0 Å². The molecule has 0 saturated heterocycles. The van der Waals surface area contributed by atoms with Gasteiger partial charge in [-0.1, -0.05) is 17.7 Å². The molecule has 0 aromatic heterocycles. The van der Waals surface area contributed by atoms with Gasteiger partial charge in [-0.2, -0.15) is 0 Å². The van der Waals surface area contributed by atoms with Gasteiger partial charge in [0.25, 0.3) is 0 Å². The van der Waals surface area contributed by atoms with Gasteiger partial charge in [0.15, 0.2) is 5.78 Å². The van der Waals surface area contributed by atoms with E-state index in [1.807, 2.05) is 32.0 Å². The molecule has 1 amide bonds. The van der Waals surface area contributed by atoms with Crippen molar-refractivity contribution in [3.63, 3.8) is 0 Å². The summed E-state index contributed by atoms with van der Waals surface area (Å²) in [6, 6.07) is 9.89. The summed E-state index contributed by atoms with van der Waals surface area (Å²) in [7, 11) is 0. The smallest absolute Gasteiger partial charge is 0.224 e. The third kappa shape index (κ3) is 4.49. The van der Waals surface area contributed by atoms with E-state index in [0.717, 1.165) is 11.1 Å². The predicted octanol–water partition coefficient (Wildman–Crippen LogP) is 4.35. The van der Waals surface area contributed by atoms with Crippen LogP contribution in [-0.2, 0) is 4.79 Å². The molecule has 0 heterocycles. The molecule has 0 bridgehead atoms. The maximum atomic E-state index is 13.0. The molecule has 0 fully saturated rings. The van der Waals surface area contributed by atoms with E-state index in [2.05, 4.69) is 5.32 Å². The van der Waals surface area contributed by atoms with Gasteiger partial charge in [0.1, 0.15) is 5.82 Å². The predicted molar refractivity (Wildman–Crippen MR) is 89.2 cm³/mol. The molecule has 0 saturated carbocycles. The van der Waals surface area contributed by atoms with Crippen molar-refractivity contribution in [2.24, 2.45) is 0 Å². The average molecular weight is 313 g/mol. The number of anilines is 1. The number of hydrogen-bond acceptors (Lipinski definition) is 2. The number of Topliss-reactive ketones (excluding diaryl/α,β-unsaturated/α-hetero) is 1. The summed E-state index contributed by atoms with van der Waals surface area (Å²) in [4.78, 5) is 24.2. The van der Waals surface area contributed by atoms with Gasteiger partial charge in [-0.25, -0.2) is 4.39 Å². The number of carbonyl (C=O) groups excluding carboxylic acids is 2. The Hall–Kier alpha value is -2.49. The Morgan fingerprint density at radius 3 is 2.39 bits per heavy atom. The highest BCUT2D eigenvalue weighted by Gasteiger charge is 2.12. The maximum absolute atomic E-state index is 13.0. The first-order chi connectivity index (χ1) is 10.9. The Morgan fingerprint density at radius 2 is 1.70 bits per heavy atom. The molecule has 0 aliphatic heterocycles. The Labute approximate surface area is 135 Å². The Kier molecular flexibility index (Phi) is 5.27. The first kappa shape index (κ1) is 16.9. The summed E-state index contributed by atoms with van der Waals surface area (Å²) in [5.74, 6) is -0.638. The number of rotatable bonds is 5. The van der Waals surface area contributed by atoms with Gasteiger partial charge >= 0.3 is 0 Å². The minimum atomic E-state index is -0.342. The lowest BCUT2D eigenvalue weighted by atomic mass is 9.99. The summed E-state index contributed by atoms with van der Waals surface area (Å²) in [5.41, 5.74) is 3.81. The second-order valence-electron chi connectivity index (χ2n) is 5.75. The lowest BCUT2D eigenvalue weighted by Crippen LogP contribution is -2.14. The molecule has 0 atom stereocenters. The van der Waals surface area contributed by atoms with E-state index < -0.39 is 0 Å². The summed E-state index contributed by atoms with van der Waals surface area (Å²) in [6.07, 6.45) is 0.249. The van der Waals surface area contributed by atoms with E-state index in [9.17, 15) is 14.0 Å². The first-order valence-electron chi connectivity index (χ1n) is 7.53. The molecule has 0 radical (unpaired) electrons. The topological polar surface area (TPSA) is 46.2 Å². The molecule has 0 aliphatic carbocycles. The molecule has 0 unspecified atom stereocenters. The van der Waals surface area contributed by atoms with Crippen LogP contribution in [0.3, 0.4) is 0 Å². The van der Waals surface area contributed by atoms with Gasteiger partial charge in [-0.05, 0) is 56.2 Å². The second-order valence-corrected chi connectivity index (χ2v) is 5.75. The van der Waals surface area contributed by atoms with E-state index in [4.69, 9.17) is 0 Å². The fraction of sp³-hybridized carbons (Fsp3) is 0.263. The molecule has 23 heavy (non-hydrogen) atoms. The number of aryl methyl sites for hydroxylation is 3. The standard InChI is InChI=1S/C19H20FNO2/c1-12-4-5-13(2)16(10-12)18(22)8-9-19(23)21-17-7-6-15(20)11-14(17)3/h4-7,10-11H,8-9H2,1-3H3,(H,21,23). The SMILES string of the molecule is Cc1ccc(C)c(C(=O)CCC(=O)Nc2ccc(F)cc2C)c1. The number of carbonyl (C=O) groups is 2. The number of halogens is 1. The van der Waals surface area contributed by atoms with Crippen LogP contribution in [0, 0.1) is 26.6 Å². The highest BCUT2D eigenvalue weighted by molar-refractivity contribution is 6.01. The maximum Gasteiger partial charge on any atom is 0.224 e. The molecule has 2 aromatic carbocycles. The van der Waals surface area contributed by atoms with Crippen molar-refractivity contribution in [2.45, 2.75) is 33.6 Å². The fourth-order valence-corrected chi connectivity index (χ4v) is 2.38. The molecule has 2 rings (SSSR count). The molecule has 1 N–H and O–H groups in total. The van der Waals surface area contributed by atoms with Crippen molar-refractivity contribution in [3.05, 3.63) is 64.5 Å². The van der Waals surface area contributed by atoms with E-state index in [-0.39, 0.29) is 30.3 Å². The van der Waals surface area contributed by atoms with Crippen molar-refractivity contribution in [2.75, 3.05) is 5.32 Å². The van der Waals surface area contributed by atoms with Gasteiger partial charge in [0, 0.05) is 24.1 Å². The number of amides is 1. The lowest BCUT2D eigenvalue weighted by molar-refractivity contribution is -0.116. The number of nitrogens with one attached hydrogen (secondary N) is 1. The third-order valence-electron chi connectivity index (χ3n) is 3.74. The third-order valence-corrected chi connectivity index (χ3v) is 3.74. The zero-order valence-electron chi connectivity index (χ0n) is 13.6. The summed E-state index contributed by atoms with van der Waals surface area (Å²) in [5, 5.41) is 2.71. The highest BCUT2D eigenvalue weighted by atomic mass is 19.1. The van der Waals surface area contributed by atoms with Gasteiger partial charge in [-0.3, -0.25) is 9.59 Å². The molecule has 0 spiro atoms. The number of hydrogen-bond donors (Lipinski definition) is 1. The van der Waals surface area contributed by atoms with Crippen LogP contribution in [0.1, 0.15) is 39.9 Å². The van der Waals surface area contributed by atoms with Crippen molar-refractivity contribution < 1.29 is 14.0 Å². The molecular weight excluding hydrogens is 293 g/mol. The second kappa shape index (κ2) is 7.18. The van der Waals surface area contributed by atoms with Gasteiger partial charge in [0.2, 0.25) is 5.91 Å². The molecule has 120 valence electrons. The largest absolute Gasteiger partial charge is 0.326 e. The highest BCUT2D eigenvalue weighted by Crippen LogP contribution is 2.17. The summed E-state index contributed by atoms with van der Waals surface area (Å²) >= 11 is 0. The normalized spacial score (nSPS) is 10.4. The first-order valence-corrected chi connectivity index (χ1v) is 7.53. The quantitative estimate of drug-likeness (QED) is 0.834. The van der Waals surface area contributed by atoms with Crippen LogP contribution in [0.2, 0.25) is 0 Å². The number of ketones is 1. The monoisotopic (exact) mass is 313 g/mol. The van der Waals surface area contributed by atoms with Gasteiger partial charge < -0.3 is 5.32 Å². The zero-order valence-corrected chi connectivity index (χ0v) is 13.6. The van der Waals surface area contributed by atoms with Crippen molar-refractivity contribution >= 4 is 17.4 Å². The van der Waals surface area contributed by atoms with Crippen LogP contribution in [0.4, 0.5) is 10.1 Å². The zero-order chi connectivity index (χ0) is 17.0. The van der Waals surface area contributed by atoms with Crippen LogP contribution in [0.15, 0.2) is 36.4 Å². The van der Waals surface area contributed by atoms with E-state index in [1.165, 1.54) is 18.2 Å². The minimum Gasteiger partial charge on any atom is -0.326 e. The average Bonchev–Trinajstić information content (AvgIpc) is 2.50. The van der Waals surface area contributed by atoms with E-state index in [1.54, 1.807) is 6.92 Å².